The zero-order valence-electron chi connectivity index (χ0n) is 12.1. The minimum absolute atomic E-state index is 0.130. The summed E-state index contributed by atoms with van der Waals surface area (Å²) in [5.41, 5.74) is 0. The van der Waals surface area contributed by atoms with Gasteiger partial charge in [-0.1, -0.05) is 23.2 Å². The number of nitrogens with zero attached hydrogens (tertiary/aromatic N) is 2. The topological polar surface area (TPSA) is 75.4 Å². The third kappa shape index (κ3) is 5.58. The minimum Gasteiger partial charge on any atom is -0.711 e. The zero-order valence-corrected chi connectivity index (χ0v) is 13.6. The summed E-state index contributed by atoms with van der Waals surface area (Å²) in [6.45, 7) is 0.147. The van der Waals surface area contributed by atoms with Gasteiger partial charge in [-0.25, -0.2) is 4.73 Å². The summed E-state index contributed by atoms with van der Waals surface area (Å²) in [7, 11) is 0. The van der Waals surface area contributed by atoms with Crippen LogP contribution in [0.2, 0.25) is 10.0 Å². The molecule has 0 spiro atoms. The number of ether oxygens (including phenoxy) is 2. The van der Waals surface area contributed by atoms with Crippen LogP contribution < -0.4 is 9.47 Å². The highest BCUT2D eigenvalue weighted by Crippen LogP contribution is 2.27. The molecule has 0 unspecified atom stereocenters. The second-order valence-corrected chi connectivity index (χ2v) is 5.39. The molecular formula is C15H14Cl2N2O4. The third-order valence-electron chi connectivity index (χ3n) is 2.82. The lowest BCUT2D eigenvalue weighted by atomic mass is 10.3. The van der Waals surface area contributed by atoms with Crippen molar-refractivity contribution in [2.45, 2.75) is 19.4 Å². The Bertz CT molecular complexity index is 682. The largest absolute Gasteiger partial charge is 0.711 e. The van der Waals surface area contributed by atoms with Crippen LogP contribution in [-0.2, 0) is 16.1 Å². The Labute approximate surface area is 143 Å². The SMILES string of the molecule is O=C(CCCOc1ccc(Cl)cc1Cl)OCc1nccc[n+]1[O-]. The van der Waals surface area contributed by atoms with Crippen molar-refractivity contribution in [3.05, 3.63) is 57.7 Å². The monoisotopic (exact) mass is 356 g/mol. The van der Waals surface area contributed by atoms with Gasteiger partial charge in [-0.05, 0) is 29.6 Å². The van der Waals surface area contributed by atoms with E-state index in [0.717, 1.165) is 0 Å². The van der Waals surface area contributed by atoms with Crippen LogP contribution in [0.4, 0.5) is 0 Å². The second kappa shape index (κ2) is 8.55. The number of carbonyl (C=O) groups is 1. The number of benzene rings is 1. The Morgan fingerprint density at radius 1 is 1.35 bits per heavy atom. The van der Waals surface area contributed by atoms with Crippen molar-refractivity contribution in [1.82, 2.24) is 4.98 Å². The summed E-state index contributed by atoms with van der Waals surface area (Å²) < 4.78 is 11.0. The fourth-order valence-electron chi connectivity index (χ4n) is 1.70. The Hall–Kier alpha value is -2.05. The van der Waals surface area contributed by atoms with E-state index in [-0.39, 0.29) is 18.9 Å². The fraction of sp³-hybridized carbons (Fsp3) is 0.267. The van der Waals surface area contributed by atoms with Gasteiger partial charge in [0.15, 0.2) is 6.61 Å². The molecule has 0 saturated heterocycles. The lowest BCUT2D eigenvalue weighted by Gasteiger charge is -2.08. The van der Waals surface area contributed by atoms with Crippen LogP contribution in [0.1, 0.15) is 18.7 Å². The van der Waals surface area contributed by atoms with E-state index in [1.165, 1.54) is 18.5 Å². The van der Waals surface area contributed by atoms with E-state index in [2.05, 4.69) is 4.98 Å². The maximum atomic E-state index is 11.6. The van der Waals surface area contributed by atoms with E-state index in [9.17, 15) is 10.0 Å². The van der Waals surface area contributed by atoms with Crippen molar-refractivity contribution < 1.29 is 19.0 Å². The van der Waals surface area contributed by atoms with Crippen molar-refractivity contribution >= 4 is 29.2 Å². The summed E-state index contributed by atoms with van der Waals surface area (Å²) >= 11 is 11.7. The van der Waals surface area contributed by atoms with Gasteiger partial charge in [0.2, 0.25) is 0 Å². The number of aromatic nitrogens is 2. The number of esters is 1. The van der Waals surface area contributed by atoms with Gasteiger partial charge in [0.1, 0.15) is 11.9 Å². The molecule has 6 nitrogen and oxygen atoms in total. The van der Waals surface area contributed by atoms with Crippen LogP contribution in [0.15, 0.2) is 36.7 Å². The quantitative estimate of drug-likeness (QED) is 0.330. The van der Waals surface area contributed by atoms with E-state index < -0.39 is 5.97 Å². The number of hydrogen-bond acceptors (Lipinski definition) is 5. The highest BCUT2D eigenvalue weighted by molar-refractivity contribution is 6.35. The summed E-state index contributed by atoms with van der Waals surface area (Å²) in [5, 5.41) is 12.3. The van der Waals surface area contributed by atoms with E-state index in [1.54, 1.807) is 18.2 Å². The van der Waals surface area contributed by atoms with Gasteiger partial charge >= 0.3 is 11.8 Å². The second-order valence-electron chi connectivity index (χ2n) is 4.55. The number of carbonyl (C=O) groups excluding carboxylic acids is 1. The van der Waals surface area contributed by atoms with Crippen LogP contribution in [0.5, 0.6) is 5.75 Å². The molecule has 0 atom stereocenters. The molecule has 0 aliphatic rings. The molecule has 2 rings (SSSR count). The van der Waals surface area contributed by atoms with Gasteiger partial charge in [0.25, 0.3) is 0 Å². The molecule has 0 bridgehead atoms. The van der Waals surface area contributed by atoms with Crippen molar-refractivity contribution in [1.29, 1.82) is 0 Å². The van der Waals surface area contributed by atoms with Crippen LogP contribution >= 0.6 is 23.2 Å². The molecule has 8 heteroatoms. The first-order valence-electron chi connectivity index (χ1n) is 6.83. The molecule has 2 aromatic rings. The van der Waals surface area contributed by atoms with Crippen LogP contribution in [0.3, 0.4) is 0 Å². The summed E-state index contributed by atoms with van der Waals surface area (Å²) in [4.78, 5) is 15.4. The summed E-state index contributed by atoms with van der Waals surface area (Å²) in [5.74, 6) is 0.205. The van der Waals surface area contributed by atoms with E-state index in [1.807, 2.05) is 0 Å². The fourth-order valence-corrected chi connectivity index (χ4v) is 2.16. The Kier molecular flexibility index (Phi) is 6.43. The van der Waals surface area contributed by atoms with Crippen LogP contribution in [-0.4, -0.2) is 17.6 Å². The Morgan fingerprint density at radius 2 is 2.17 bits per heavy atom. The smallest absolute Gasteiger partial charge is 0.339 e. The zero-order chi connectivity index (χ0) is 16.7. The molecule has 0 N–H and O–H groups in total. The van der Waals surface area contributed by atoms with Crippen molar-refractivity contribution in [3.63, 3.8) is 0 Å². The molecule has 0 radical (unpaired) electrons. The van der Waals surface area contributed by atoms with Gasteiger partial charge in [-0.3, -0.25) is 4.79 Å². The molecule has 0 amide bonds. The first-order chi connectivity index (χ1) is 11.1. The normalized spacial score (nSPS) is 10.3. The average Bonchev–Trinajstić information content (AvgIpc) is 2.52. The number of halogens is 2. The molecule has 122 valence electrons. The third-order valence-corrected chi connectivity index (χ3v) is 3.35. The van der Waals surface area contributed by atoms with E-state index in [0.29, 0.717) is 33.6 Å². The highest BCUT2D eigenvalue weighted by atomic mass is 35.5. The number of hydrogen-bond donors (Lipinski definition) is 0. The van der Waals surface area contributed by atoms with E-state index in [4.69, 9.17) is 32.7 Å². The molecule has 0 saturated carbocycles. The molecule has 23 heavy (non-hydrogen) atoms. The number of rotatable bonds is 7. The maximum Gasteiger partial charge on any atom is 0.339 e. The van der Waals surface area contributed by atoms with E-state index >= 15 is 0 Å². The molecule has 1 heterocycles. The molecular weight excluding hydrogens is 343 g/mol. The van der Waals surface area contributed by atoms with Gasteiger partial charge in [0, 0.05) is 17.5 Å². The van der Waals surface area contributed by atoms with Crippen LogP contribution in [0, 0.1) is 5.21 Å². The van der Waals surface area contributed by atoms with Gasteiger partial charge in [-0.15, -0.1) is 0 Å². The minimum atomic E-state index is -0.429. The van der Waals surface area contributed by atoms with Crippen molar-refractivity contribution in [2.24, 2.45) is 0 Å². The predicted molar refractivity (Wildman–Crippen MR) is 84.2 cm³/mol. The lowest BCUT2D eigenvalue weighted by Crippen LogP contribution is -2.33. The maximum absolute atomic E-state index is 11.6. The van der Waals surface area contributed by atoms with Crippen molar-refractivity contribution in [3.8, 4) is 5.75 Å². The Balaban J connectivity index is 1.68. The van der Waals surface area contributed by atoms with Gasteiger partial charge < -0.3 is 14.7 Å². The highest BCUT2D eigenvalue weighted by Gasteiger charge is 2.10. The molecule has 0 aliphatic heterocycles. The molecule has 1 aromatic heterocycles. The average molecular weight is 357 g/mol. The first-order valence-corrected chi connectivity index (χ1v) is 7.58. The summed E-state index contributed by atoms with van der Waals surface area (Å²) in [6, 6.07) is 6.41. The Morgan fingerprint density at radius 3 is 2.91 bits per heavy atom. The summed E-state index contributed by atoms with van der Waals surface area (Å²) in [6.07, 6.45) is 3.37. The predicted octanol–water partition coefficient (Wildman–Crippen LogP) is 2.92. The van der Waals surface area contributed by atoms with Crippen LogP contribution in [0.25, 0.3) is 0 Å². The standard InChI is InChI=1S/C15H14Cl2N2O4/c16-11-4-5-13(12(17)9-11)22-8-1-3-15(20)23-10-14-18-6-2-7-19(14)21/h2,4-7,9H,1,3,8,10H2. The molecule has 0 fully saturated rings. The van der Waals surface area contributed by atoms with Gasteiger partial charge in [-0.2, -0.15) is 0 Å². The van der Waals surface area contributed by atoms with Gasteiger partial charge in [0.05, 0.1) is 17.8 Å². The lowest BCUT2D eigenvalue weighted by molar-refractivity contribution is -0.620. The molecule has 0 aliphatic carbocycles. The molecule has 1 aromatic carbocycles. The van der Waals surface area contributed by atoms with Crippen molar-refractivity contribution in [2.75, 3.05) is 6.61 Å². The first kappa shape index (κ1) is 17.3.